The molecule has 0 unspecified atom stereocenters. The Labute approximate surface area is 136 Å². The van der Waals surface area contributed by atoms with Gasteiger partial charge in [0.05, 0.1) is 4.90 Å². The van der Waals surface area contributed by atoms with Gasteiger partial charge in [-0.05, 0) is 36.2 Å². The second-order valence-electron chi connectivity index (χ2n) is 6.22. The van der Waals surface area contributed by atoms with E-state index < -0.39 is 15.8 Å². The molecule has 0 radical (unpaired) electrons. The summed E-state index contributed by atoms with van der Waals surface area (Å²) in [6.07, 6.45) is 0.0393. The van der Waals surface area contributed by atoms with E-state index in [4.69, 9.17) is 5.73 Å². The molecule has 0 fully saturated rings. The van der Waals surface area contributed by atoms with Gasteiger partial charge in [-0.25, -0.2) is 17.5 Å². The van der Waals surface area contributed by atoms with Crippen LogP contribution >= 0.6 is 0 Å². The monoisotopic (exact) mass is 345 g/mol. The molecular weight excluding hydrogens is 321 g/mol. The van der Waals surface area contributed by atoms with Gasteiger partial charge in [0.15, 0.2) is 0 Å². The number of nitrogens with zero attached hydrogens (tertiary/aromatic N) is 1. The van der Waals surface area contributed by atoms with Gasteiger partial charge in [0.1, 0.15) is 5.82 Å². The summed E-state index contributed by atoms with van der Waals surface area (Å²) in [5.74, 6) is -0.684. The molecule has 0 aliphatic carbocycles. The number of nitrogens with two attached hydrogens (primary N) is 1. The summed E-state index contributed by atoms with van der Waals surface area (Å²) in [5, 5.41) is 0. The third-order valence-electron chi connectivity index (χ3n) is 3.40. The van der Waals surface area contributed by atoms with E-state index in [1.807, 2.05) is 13.8 Å². The third kappa shape index (κ3) is 6.25. The highest BCUT2D eigenvalue weighted by atomic mass is 32.2. The number of rotatable bonds is 8. The van der Waals surface area contributed by atoms with Crippen LogP contribution in [-0.4, -0.2) is 45.9 Å². The summed E-state index contributed by atoms with van der Waals surface area (Å²) >= 11 is 0. The first kappa shape index (κ1) is 19.5. The van der Waals surface area contributed by atoms with Crippen molar-refractivity contribution < 1.29 is 17.6 Å². The van der Waals surface area contributed by atoms with Gasteiger partial charge >= 0.3 is 0 Å². The Kier molecular flexibility index (Phi) is 6.67. The predicted molar refractivity (Wildman–Crippen MR) is 86.7 cm³/mol. The lowest BCUT2D eigenvalue weighted by atomic mass is 9.93. The van der Waals surface area contributed by atoms with E-state index in [1.165, 1.54) is 12.1 Å². The second-order valence-corrected chi connectivity index (χ2v) is 7.99. The van der Waals surface area contributed by atoms with Gasteiger partial charge in [0.25, 0.3) is 0 Å². The van der Waals surface area contributed by atoms with Crippen molar-refractivity contribution in [3.8, 4) is 0 Å². The Bertz CT molecular complexity index is 630. The lowest BCUT2D eigenvalue weighted by Crippen LogP contribution is -2.40. The molecule has 0 saturated heterocycles. The van der Waals surface area contributed by atoms with Crippen molar-refractivity contribution >= 4 is 15.9 Å². The van der Waals surface area contributed by atoms with E-state index >= 15 is 0 Å². The van der Waals surface area contributed by atoms with Crippen LogP contribution in [0.2, 0.25) is 0 Å². The molecule has 6 nitrogen and oxygen atoms in total. The van der Waals surface area contributed by atoms with Crippen LogP contribution in [0, 0.1) is 11.2 Å². The van der Waals surface area contributed by atoms with Crippen molar-refractivity contribution in [1.82, 2.24) is 9.62 Å². The van der Waals surface area contributed by atoms with Crippen LogP contribution in [0.1, 0.15) is 20.3 Å². The first-order chi connectivity index (χ1) is 10.6. The van der Waals surface area contributed by atoms with Crippen LogP contribution < -0.4 is 10.5 Å². The number of carbonyl (C=O) groups excluding carboxylic acids is 1. The topological polar surface area (TPSA) is 92.5 Å². The molecule has 0 aromatic heterocycles. The molecule has 0 aliphatic heterocycles. The average Bonchev–Trinajstić information content (AvgIpc) is 2.47. The highest BCUT2D eigenvalue weighted by molar-refractivity contribution is 7.89. The van der Waals surface area contributed by atoms with Crippen LogP contribution in [-0.2, 0) is 14.8 Å². The minimum Gasteiger partial charge on any atom is -0.345 e. The van der Waals surface area contributed by atoms with Crippen LogP contribution in [0.3, 0.4) is 0 Å². The van der Waals surface area contributed by atoms with Crippen molar-refractivity contribution in [1.29, 1.82) is 0 Å². The summed E-state index contributed by atoms with van der Waals surface area (Å²) in [5.41, 5.74) is 5.43. The number of amides is 1. The van der Waals surface area contributed by atoms with Crippen LogP contribution in [0.5, 0.6) is 0 Å². The lowest BCUT2D eigenvalue weighted by Gasteiger charge is -2.29. The molecule has 23 heavy (non-hydrogen) atoms. The molecule has 130 valence electrons. The Morgan fingerprint density at radius 1 is 1.30 bits per heavy atom. The highest BCUT2D eigenvalue weighted by Crippen LogP contribution is 2.14. The second kappa shape index (κ2) is 7.85. The van der Waals surface area contributed by atoms with Gasteiger partial charge in [-0.1, -0.05) is 13.8 Å². The van der Waals surface area contributed by atoms with Crippen LogP contribution in [0.4, 0.5) is 4.39 Å². The Morgan fingerprint density at radius 2 is 1.87 bits per heavy atom. The zero-order chi connectivity index (χ0) is 17.7. The average molecular weight is 345 g/mol. The fraction of sp³-hybridized carbons (Fsp3) is 0.533. The van der Waals surface area contributed by atoms with Gasteiger partial charge in [0, 0.05) is 26.6 Å². The van der Waals surface area contributed by atoms with Gasteiger partial charge in [-0.2, -0.15) is 0 Å². The molecule has 1 aromatic rings. The van der Waals surface area contributed by atoms with Gasteiger partial charge < -0.3 is 10.6 Å². The zero-order valence-electron chi connectivity index (χ0n) is 13.7. The minimum atomic E-state index is -3.75. The Morgan fingerprint density at radius 3 is 2.39 bits per heavy atom. The van der Waals surface area contributed by atoms with E-state index in [0.717, 1.165) is 12.1 Å². The SMILES string of the molecule is CN(CC(C)(C)CN)C(=O)CCNS(=O)(=O)c1ccc(F)cc1. The van der Waals surface area contributed by atoms with E-state index in [9.17, 15) is 17.6 Å². The molecule has 1 aromatic carbocycles. The molecule has 3 N–H and O–H groups in total. The van der Waals surface area contributed by atoms with E-state index in [2.05, 4.69) is 4.72 Å². The number of hydrogen-bond donors (Lipinski definition) is 2. The molecule has 1 amide bonds. The minimum absolute atomic E-state index is 0.0219. The van der Waals surface area contributed by atoms with E-state index in [0.29, 0.717) is 13.1 Å². The maximum Gasteiger partial charge on any atom is 0.240 e. The number of carbonyl (C=O) groups is 1. The van der Waals surface area contributed by atoms with Crippen molar-refractivity contribution in [3.05, 3.63) is 30.1 Å². The van der Waals surface area contributed by atoms with Crippen molar-refractivity contribution in [2.75, 3.05) is 26.7 Å². The Balaban J connectivity index is 2.52. The number of benzene rings is 1. The summed E-state index contributed by atoms with van der Waals surface area (Å²) in [7, 11) is -2.08. The first-order valence-corrected chi connectivity index (χ1v) is 8.75. The smallest absolute Gasteiger partial charge is 0.240 e. The molecule has 0 heterocycles. The standard InChI is InChI=1S/C15H24FN3O3S/c1-15(2,10-17)11-19(3)14(20)8-9-18-23(21,22)13-6-4-12(16)5-7-13/h4-7,18H,8-11,17H2,1-3H3. The summed E-state index contributed by atoms with van der Waals surface area (Å²) in [6.45, 7) is 4.82. The van der Waals surface area contributed by atoms with Crippen LogP contribution in [0.15, 0.2) is 29.2 Å². The molecular formula is C15H24FN3O3S. The van der Waals surface area contributed by atoms with Crippen LogP contribution in [0.25, 0.3) is 0 Å². The predicted octanol–water partition coefficient (Wildman–Crippen LogP) is 0.937. The highest BCUT2D eigenvalue weighted by Gasteiger charge is 2.21. The molecule has 0 atom stereocenters. The quantitative estimate of drug-likeness (QED) is 0.733. The van der Waals surface area contributed by atoms with E-state index in [1.54, 1.807) is 11.9 Å². The fourth-order valence-corrected chi connectivity index (χ4v) is 3.01. The largest absolute Gasteiger partial charge is 0.345 e. The van der Waals surface area contributed by atoms with Gasteiger partial charge in [-0.15, -0.1) is 0 Å². The number of halogens is 1. The molecule has 0 bridgehead atoms. The molecule has 1 rings (SSSR count). The van der Waals surface area contributed by atoms with Gasteiger partial charge in [-0.3, -0.25) is 4.79 Å². The number of hydrogen-bond acceptors (Lipinski definition) is 4. The van der Waals surface area contributed by atoms with Crippen molar-refractivity contribution in [2.24, 2.45) is 11.1 Å². The Hall–Kier alpha value is -1.51. The maximum absolute atomic E-state index is 12.8. The zero-order valence-corrected chi connectivity index (χ0v) is 14.5. The van der Waals surface area contributed by atoms with E-state index in [-0.39, 0.29) is 29.2 Å². The van der Waals surface area contributed by atoms with Crippen molar-refractivity contribution in [3.63, 3.8) is 0 Å². The summed E-state index contributed by atoms with van der Waals surface area (Å²) in [6, 6.07) is 4.50. The maximum atomic E-state index is 12.8. The third-order valence-corrected chi connectivity index (χ3v) is 4.88. The molecule has 0 saturated carbocycles. The molecule has 8 heteroatoms. The summed E-state index contributed by atoms with van der Waals surface area (Å²) < 4.78 is 39.1. The molecule has 0 spiro atoms. The number of sulfonamides is 1. The van der Waals surface area contributed by atoms with Crippen molar-refractivity contribution in [2.45, 2.75) is 25.2 Å². The molecule has 0 aliphatic rings. The van der Waals surface area contributed by atoms with Gasteiger partial charge in [0.2, 0.25) is 15.9 Å². The number of nitrogens with one attached hydrogen (secondary N) is 1. The normalized spacial score (nSPS) is 12.2. The lowest BCUT2D eigenvalue weighted by molar-refractivity contribution is -0.130. The fourth-order valence-electron chi connectivity index (χ4n) is 1.98. The summed E-state index contributed by atoms with van der Waals surface area (Å²) in [4.78, 5) is 13.5. The first-order valence-electron chi connectivity index (χ1n) is 7.27.